The average molecular weight is 260 g/mol. The lowest BCUT2D eigenvalue weighted by atomic mass is 9.75. The fraction of sp³-hybridized carbons (Fsp3) is 0.647. The summed E-state index contributed by atoms with van der Waals surface area (Å²) >= 11 is 0. The molecule has 106 valence electrons. The van der Waals surface area contributed by atoms with E-state index in [9.17, 15) is 0 Å². The third-order valence-corrected chi connectivity index (χ3v) is 4.27. The first kappa shape index (κ1) is 14.2. The Morgan fingerprint density at radius 2 is 2.00 bits per heavy atom. The van der Waals surface area contributed by atoms with Gasteiger partial charge in [0.1, 0.15) is 0 Å². The maximum Gasteiger partial charge on any atom is 0.0411 e. The largest absolute Gasteiger partial charge is 0.382 e. The predicted octanol–water partition coefficient (Wildman–Crippen LogP) is 4.44. The van der Waals surface area contributed by atoms with Gasteiger partial charge in [-0.25, -0.2) is 0 Å². The van der Waals surface area contributed by atoms with Crippen molar-refractivity contribution in [1.82, 2.24) is 0 Å². The molecule has 0 bridgehead atoms. The summed E-state index contributed by atoms with van der Waals surface area (Å²) in [4.78, 5) is 2.19. The molecular formula is C17H28N2. The lowest BCUT2D eigenvalue weighted by Gasteiger charge is -2.36. The fourth-order valence-electron chi connectivity index (χ4n) is 3.24. The Balaban J connectivity index is 2.09. The van der Waals surface area contributed by atoms with Crippen LogP contribution < -0.4 is 10.2 Å². The molecule has 0 amide bonds. The monoisotopic (exact) mass is 260 g/mol. The topological polar surface area (TPSA) is 15.3 Å². The predicted molar refractivity (Wildman–Crippen MR) is 85.2 cm³/mol. The fourth-order valence-corrected chi connectivity index (χ4v) is 3.24. The molecule has 1 aromatic carbocycles. The van der Waals surface area contributed by atoms with Crippen molar-refractivity contribution >= 4 is 11.4 Å². The Kier molecular flexibility index (Phi) is 4.07. The highest BCUT2D eigenvalue weighted by Crippen LogP contribution is 2.36. The number of hydrogen-bond acceptors (Lipinski definition) is 2. The van der Waals surface area contributed by atoms with Gasteiger partial charge in [0, 0.05) is 31.5 Å². The Labute approximate surface area is 118 Å². The third kappa shape index (κ3) is 3.65. The van der Waals surface area contributed by atoms with Gasteiger partial charge in [0.2, 0.25) is 0 Å². The van der Waals surface area contributed by atoms with Crippen LogP contribution in [-0.2, 0) is 0 Å². The van der Waals surface area contributed by atoms with Gasteiger partial charge in [-0.3, -0.25) is 0 Å². The lowest BCUT2D eigenvalue weighted by Crippen LogP contribution is -2.31. The van der Waals surface area contributed by atoms with Crippen molar-refractivity contribution in [2.45, 2.75) is 52.5 Å². The van der Waals surface area contributed by atoms with Crippen LogP contribution >= 0.6 is 0 Å². The summed E-state index contributed by atoms with van der Waals surface area (Å²) in [5.74, 6) is 0. The zero-order valence-electron chi connectivity index (χ0n) is 13.1. The highest BCUT2D eigenvalue weighted by molar-refractivity contribution is 5.62. The molecule has 0 spiro atoms. The number of nitrogens with zero attached hydrogens (tertiary/aromatic N) is 1. The summed E-state index contributed by atoms with van der Waals surface area (Å²) in [6, 6.07) is 7.33. The standard InChI is InChI=1S/C17H28N2/c1-13-8-9-14(11-16(13)19(4)5)18-15-7-6-10-17(2,3)12-15/h8-9,11,15,18H,6-7,10,12H2,1-5H3. The molecule has 1 saturated carbocycles. The van der Waals surface area contributed by atoms with E-state index in [4.69, 9.17) is 0 Å². The van der Waals surface area contributed by atoms with Crippen LogP contribution in [0.4, 0.5) is 11.4 Å². The van der Waals surface area contributed by atoms with E-state index in [-0.39, 0.29) is 0 Å². The smallest absolute Gasteiger partial charge is 0.0411 e. The highest BCUT2D eigenvalue weighted by Gasteiger charge is 2.27. The van der Waals surface area contributed by atoms with Crippen LogP contribution in [0, 0.1) is 12.3 Å². The second-order valence-electron chi connectivity index (χ2n) is 7.00. The van der Waals surface area contributed by atoms with Gasteiger partial charge in [0.05, 0.1) is 0 Å². The van der Waals surface area contributed by atoms with Crippen LogP contribution in [0.2, 0.25) is 0 Å². The van der Waals surface area contributed by atoms with E-state index in [1.54, 1.807) is 0 Å². The molecular weight excluding hydrogens is 232 g/mol. The number of anilines is 2. The number of aryl methyl sites for hydroxylation is 1. The molecule has 0 radical (unpaired) electrons. The van der Waals surface area contributed by atoms with Crippen molar-refractivity contribution < 1.29 is 0 Å². The van der Waals surface area contributed by atoms with E-state index in [2.05, 4.69) is 63.3 Å². The van der Waals surface area contributed by atoms with Crippen LogP contribution in [0.3, 0.4) is 0 Å². The molecule has 1 aliphatic rings. The summed E-state index contributed by atoms with van der Waals surface area (Å²) in [5, 5.41) is 3.73. The molecule has 1 aromatic rings. The van der Waals surface area contributed by atoms with Crippen molar-refractivity contribution in [1.29, 1.82) is 0 Å². The molecule has 2 rings (SSSR count). The van der Waals surface area contributed by atoms with Gasteiger partial charge in [-0.1, -0.05) is 26.3 Å². The molecule has 0 saturated heterocycles. The first-order valence-electron chi connectivity index (χ1n) is 7.42. The SMILES string of the molecule is Cc1ccc(NC2CCCC(C)(C)C2)cc1N(C)C. The van der Waals surface area contributed by atoms with Gasteiger partial charge in [-0.05, 0) is 49.3 Å². The van der Waals surface area contributed by atoms with Gasteiger partial charge < -0.3 is 10.2 Å². The van der Waals surface area contributed by atoms with E-state index < -0.39 is 0 Å². The third-order valence-electron chi connectivity index (χ3n) is 4.27. The highest BCUT2D eigenvalue weighted by atomic mass is 15.1. The van der Waals surface area contributed by atoms with Crippen molar-refractivity contribution in [3.05, 3.63) is 23.8 Å². The quantitative estimate of drug-likeness (QED) is 0.864. The molecule has 2 heteroatoms. The van der Waals surface area contributed by atoms with Gasteiger partial charge in [-0.2, -0.15) is 0 Å². The molecule has 1 fully saturated rings. The summed E-state index contributed by atoms with van der Waals surface area (Å²) in [6.07, 6.45) is 5.28. The summed E-state index contributed by atoms with van der Waals surface area (Å²) in [6.45, 7) is 6.95. The second-order valence-corrected chi connectivity index (χ2v) is 7.00. The van der Waals surface area contributed by atoms with Crippen LogP contribution in [0.1, 0.15) is 45.1 Å². The van der Waals surface area contributed by atoms with E-state index in [1.807, 2.05) is 0 Å². The molecule has 2 nitrogen and oxygen atoms in total. The number of nitrogens with one attached hydrogen (secondary N) is 1. The summed E-state index contributed by atoms with van der Waals surface area (Å²) < 4.78 is 0. The molecule has 1 unspecified atom stereocenters. The Morgan fingerprint density at radius 3 is 2.63 bits per heavy atom. The first-order valence-corrected chi connectivity index (χ1v) is 7.42. The van der Waals surface area contributed by atoms with Crippen molar-refractivity contribution in [2.75, 3.05) is 24.3 Å². The second kappa shape index (κ2) is 5.44. The average Bonchev–Trinajstić information content (AvgIpc) is 2.30. The number of hydrogen-bond donors (Lipinski definition) is 1. The van der Waals surface area contributed by atoms with E-state index in [0.717, 1.165) is 0 Å². The van der Waals surface area contributed by atoms with Crippen LogP contribution in [0.5, 0.6) is 0 Å². The lowest BCUT2D eigenvalue weighted by molar-refractivity contribution is 0.229. The zero-order valence-corrected chi connectivity index (χ0v) is 13.1. The minimum absolute atomic E-state index is 0.491. The van der Waals surface area contributed by atoms with Crippen LogP contribution in [-0.4, -0.2) is 20.1 Å². The van der Waals surface area contributed by atoms with E-state index in [0.29, 0.717) is 11.5 Å². The van der Waals surface area contributed by atoms with Crippen molar-refractivity contribution in [3.8, 4) is 0 Å². The normalized spacial score (nSPS) is 22.1. The van der Waals surface area contributed by atoms with Crippen LogP contribution in [0.15, 0.2) is 18.2 Å². The van der Waals surface area contributed by atoms with Crippen molar-refractivity contribution in [3.63, 3.8) is 0 Å². The first-order chi connectivity index (χ1) is 8.87. The van der Waals surface area contributed by atoms with Gasteiger partial charge in [0.25, 0.3) is 0 Å². The molecule has 1 atom stereocenters. The number of benzene rings is 1. The molecule has 0 aliphatic heterocycles. The Morgan fingerprint density at radius 1 is 1.26 bits per heavy atom. The molecule has 1 aliphatic carbocycles. The van der Waals surface area contributed by atoms with E-state index >= 15 is 0 Å². The Bertz CT molecular complexity index is 435. The summed E-state index contributed by atoms with van der Waals surface area (Å²) in [5.41, 5.74) is 4.39. The maximum absolute atomic E-state index is 3.73. The van der Waals surface area contributed by atoms with Gasteiger partial charge >= 0.3 is 0 Å². The minimum atomic E-state index is 0.491. The molecule has 19 heavy (non-hydrogen) atoms. The molecule has 1 N–H and O–H groups in total. The maximum atomic E-state index is 3.73. The number of rotatable bonds is 3. The summed E-state index contributed by atoms with van der Waals surface area (Å²) in [7, 11) is 4.21. The van der Waals surface area contributed by atoms with E-state index in [1.165, 1.54) is 42.6 Å². The minimum Gasteiger partial charge on any atom is -0.382 e. The Hall–Kier alpha value is -1.18. The molecule has 0 aromatic heterocycles. The van der Waals surface area contributed by atoms with Crippen molar-refractivity contribution in [2.24, 2.45) is 5.41 Å². The van der Waals surface area contributed by atoms with Gasteiger partial charge in [-0.15, -0.1) is 0 Å². The van der Waals surface area contributed by atoms with Gasteiger partial charge in [0.15, 0.2) is 0 Å². The van der Waals surface area contributed by atoms with Crippen LogP contribution in [0.25, 0.3) is 0 Å². The zero-order chi connectivity index (χ0) is 14.0. The molecule has 0 heterocycles.